The second-order valence-electron chi connectivity index (χ2n) is 5.35. The fourth-order valence-electron chi connectivity index (χ4n) is 3.07. The maximum absolute atomic E-state index is 12.3. The van der Waals surface area contributed by atoms with Gasteiger partial charge in [0.1, 0.15) is 0 Å². The standard InChI is InChI=1S/C13H24N2O/c1-10-8-9-14-11(2)13(16)15(10)12-6-4-3-5-7-12/h10-12,14H,3-9H2,1-2H3. The molecule has 0 aromatic carbocycles. The molecule has 1 amide bonds. The fourth-order valence-corrected chi connectivity index (χ4v) is 3.07. The molecule has 1 aliphatic carbocycles. The number of carbonyl (C=O) groups is 1. The van der Waals surface area contributed by atoms with E-state index in [1.54, 1.807) is 0 Å². The van der Waals surface area contributed by atoms with Crippen LogP contribution in [0.2, 0.25) is 0 Å². The van der Waals surface area contributed by atoms with Crippen LogP contribution in [0.15, 0.2) is 0 Å². The van der Waals surface area contributed by atoms with E-state index in [0.29, 0.717) is 18.0 Å². The highest BCUT2D eigenvalue weighted by Gasteiger charge is 2.33. The molecule has 0 aromatic rings. The third-order valence-corrected chi connectivity index (χ3v) is 4.08. The van der Waals surface area contributed by atoms with Gasteiger partial charge in [0.2, 0.25) is 5.91 Å². The maximum atomic E-state index is 12.3. The molecule has 92 valence electrons. The lowest BCUT2D eigenvalue weighted by atomic mass is 9.92. The summed E-state index contributed by atoms with van der Waals surface area (Å²) in [7, 11) is 0. The van der Waals surface area contributed by atoms with Crippen LogP contribution in [0.25, 0.3) is 0 Å². The number of nitrogens with zero attached hydrogens (tertiary/aromatic N) is 1. The van der Waals surface area contributed by atoms with Crippen LogP contribution < -0.4 is 5.32 Å². The summed E-state index contributed by atoms with van der Waals surface area (Å²) in [5.74, 6) is 0.317. The zero-order chi connectivity index (χ0) is 11.5. The van der Waals surface area contributed by atoms with E-state index < -0.39 is 0 Å². The molecule has 1 heterocycles. The summed E-state index contributed by atoms with van der Waals surface area (Å²) in [6.45, 7) is 5.17. The summed E-state index contributed by atoms with van der Waals surface area (Å²) >= 11 is 0. The van der Waals surface area contributed by atoms with Crippen LogP contribution in [-0.2, 0) is 4.79 Å². The molecular weight excluding hydrogens is 200 g/mol. The molecule has 0 aromatic heterocycles. The molecule has 16 heavy (non-hydrogen) atoms. The van der Waals surface area contributed by atoms with Gasteiger partial charge in [0.25, 0.3) is 0 Å². The molecule has 1 saturated heterocycles. The molecule has 2 atom stereocenters. The van der Waals surface area contributed by atoms with Gasteiger partial charge in [-0.3, -0.25) is 4.79 Å². The van der Waals surface area contributed by atoms with E-state index in [1.807, 2.05) is 6.92 Å². The first-order valence-corrected chi connectivity index (χ1v) is 6.75. The molecule has 2 aliphatic rings. The monoisotopic (exact) mass is 224 g/mol. The largest absolute Gasteiger partial charge is 0.336 e. The van der Waals surface area contributed by atoms with Crippen LogP contribution >= 0.6 is 0 Å². The van der Waals surface area contributed by atoms with Gasteiger partial charge >= 0.3 is 0 Å². The lowest BCUT2D eigenvalue weighted by Gasteiger charge is -2.38. The minimum atomic E-state index is 0.00637. The summed E-state index contributed by atoms with van der Waals surface area (Å²) in [6, 6.07) is 0.929. The number of carbonyl (C=O) groups excluding carboxylic acids is 1. The lowest BCUT2D eigenvalue weighted by Crippen LogP contribution is -2.50. The van der Waals surface area contributed by atoms with Gasteiger partial charge in [-0.25, -0.2) is 0 Å². The van der Waals surface area contributed by atoms with Crippen LogP contribution in [-0.4, -0.2) is 35.5 Å². The summed E-state index contributed by atoms with van der Waals surface area (Å²) in [6.07, 6.45) is 7.45. The zero-order valence-electron chi connectivity index (χ0n) is 10.5. The van der Waals surface area contributed by atoms with Crippen molar-refractivity contribution in [1.82, 2.24) is 10.2 Å². The molecule has 1 N–H and O–H groups in total. The molecule has 0 bridgehead atoms. The minimum absolute atomic E-state index is 0.00637. The lowest BCUT2D eigenvalue weighted by molar-refractivity contribution is -0.137. The Kier molecular flexibility index (Phi) is 3.85. The fraction of sp³-hybridized carbons (Fsp3) is 0.923. The Bertz CT molecular complexity index is 248. The highest BCUT2D eigenvalue weighted by atomic mass is 16.2. The minimum Gasteiger partial charge on any atom is -0.336 e. The van der Waals surface area contributed by atoms with Crippen molar-refractivity contribution in [2.24, 2.45) is 0 Å². The van der Waals surface area contributed by atoms with Crippen molar-refractivity contribution >= 4 is 5.91 Å². The zero-order valence-corrected chi connectivity index (χ0v) is 10.5. The number of hydrogen-bond acceptors (Lipinski definition) is 2. The van der Waals surface area contributed by atoms with E-state index in [9.17, 15) is 4.79 Å². The molecule has 0 spiro atoms. The van der Waals surface area contributed by atoms with Gasteiger partial charge in [-0.15, -0.1) is 0 Å². The summed E-state index contributed by atoms with van der Waals surface area (Å²) in [5, 5.41) is 3.30. The summed E-state index contributed by atoms with van der Waals surface area (Å²) < 4.78 is 0. The van der Waals surface area contributed by atoms with E-state index in [-0.39, 0.29) is 6.04 Å². The number of amides is 1. The van der Waals surface area contributed by atoms with E-state index in [1.165, 1.54) is 32.1 Å². The van der Waals surface area contributed by atoms with Crippen molar-refractivity contribution < 1.29 is 4.79 Å². The first-order chi connectivity index (χ1) is 7.70. The Morgan fingerprint density at radius 1 is 1.12 bits per heavy atom. The maximum Gasteiger partial charge on any atom is 0.239 e. The summed E-state index contributed by atoms with van der Waals surface area (Å²) in [4.78, 5) is 14.5. The van der Waals surface area contributed by atoms with Crippen molar-refractivity contribution in [3.63, 3.8) is 0 Å². The molecule has 2 fully saturated rings. The SMILES string of the molecule is CC1NCCC(C)N(C2CCCCC2)C1=O. The Balaban J connectivity index is 2.10. The quantitative estimate of drug-likeness (QED) is 0.738. The third kappa shape index (κ3) is 2.40. The number of nitrogens with one attached hydrogen (secondary N) is 1. The van der Waals surface area contributed by atoms with Gasteiger partial charge < -0.3 is 10.2 Å². The Labute approximate surface area is 98.6 Å². The summed E-state index contributed by atoms with van der Waals surface area (Å²) in [5.41, 5.74) is 0. The Hall–Kier alpha value is -0.570. The van der Waals surface area contributed by atoms with Crippen LogP contribution in [0.1, 0.15) is 52.4 Å². The van der Waals surface area contributed by atoms with Crippen molar-refractivity contribution in [2.45, 2.75) is 70.5 Å². The van der Waals surface area contributed by atoms with Crippen LogP contribution in [0, 0.1) is 0 Å². The predicted octanol–water partition coefficient (Wildman–Crippen LogP) is 1.92. The highest BCUT2D eigenvalue weighted by Crippen LogP contribution is 2.26. The average Bonchev–Trinajstić information content (AvgIpc) is 2.41. The smallest absolute Gasteiger partial charge is 0.239 e. The second kappa shape index (κ2) is 5.17. The molecule has 2 unspecified atom stereocenters. The first kappa shape index (κ1) is 11.9. The van der Waals surface area contributed by atoms with Crippen LogP contribution in [0.5, 0.6) is 0 Å². The molecule has 3 heteroatoms. The van der Waals surface area contributed by atoms with Gasteiger partial charge in [0, 0.05) is 12.1 Å². The van der Waals surface area contributed by atoms with Crippen LogP contribution in [0.4, 0.5) is 0 Å². The Morgan fingerprint density at radius 2 is 1.81 bits per heavy atom. The Morgan fingerprint density at radius 3 is 2.50 bits per heavy atom. The van der Waals surface area contributed by atoms with Gasteiger partial charge in [0.05, 0.1) is 6.04 Å². The molecule has 2 rings (SSSR count). The van der Waals surface area contributed by atoms with Crippen molar-refractivity contribution in [3.05, 3.63) is 0 Å². The highest BCUT2D eigenvalue weighted by molar-refractivity contribution is 5.82. The number of hydrogen-bond donors (Lipinski definition) is 1. The van der Waals surface area contributed by atoms with Gasteiger partial charge in [-0.2, -0.15) is 0 Å². The van der Waals surface area contributed by atoms with E-state index in [4.69, 9.17) is 0 Å². The topological polar surface area (TPSA) is 32.3 Å². The molecule has 3 nitrogen and oxygen atoms in total. The number of rotatable bonds is 1. The van der Waals surface area contributed by atoms with Gasteiger partial charge in [-0.1, -0.05) is 19.3 Å². The van der Waals surface area contributed by atoms with Crippen molar-refractivity contribution in [3.8, 4) is 0 Å². The van der Waals surface area contributed by atoms with Gasteiger partial charge in [-0.05, 0) is 39.7 Å². The van der Waals surface area contributed by atoms with E-state index >= 15 is 0 Å². The average molecular weight is 224 g/mol. The molecule has 1 saturated carbocycles. The van der Waals surface area contributed by atoms with Crippen LogP contribution in [0.3, 0.4) is 0 Å². The predicted molar refractivity (Wildman–Crippen MR) is 65.3 cm³/mol. The van der Waals surface area contributed by atoms with E-state index in [2.05, 4.69) is 17.1 Å². The third-order valence-electron chi connectivity index (χ3n) is 4.08. The molecule has 1 aliphatic heterocycles. The first-order valence-electron chi connectivity index (χ1n) is 6.75. The van der Waals surface area contributed by atoms with Crippen molar-refractivity contribution in [1.29, 1.82) is 0 Å². The van der Waals surface area contributed by atoms with Crippen molar-refractivity contribution in [2.75, 3.05) is 6.54 Å². The molecular formula is C13H24N2O. The normalized spacial score (nSPS) is 33.9. The molecule has 0 radical (unpaired) electrons. The van der Waals surface area contributed by atoms with E-state index in [0.717, 1.165) is 13.0 Å². The van der Waals surface area contributed by atoms with Gasteiger partial charge in [0.15, 0.2) is 0 Å². The second-order valence-corrected chi connectivity index (χ2v) is 5.35.